The Kier molecular flexibility index (Phi) is 5.16. The van der Waals surface area contributed by atoms with Gasteiger partial charge in [0.2, 0.25) is 0 Å². The molecule has 116 valence electrons. The van der Waals surface area contributed by atoms with Gasteiger partial charge >= 0.3 is 0 Å². The number of nitrogens with one attached hydrogen (secondary N) is 1. The molecule has 1 saturated heterocycles. The maximum absolute atomic E-state index is 5.83. The molecule has 2 heterocycles. The Bertz CT molecular complexity index is 489. The summed E-state index contributed by atoms with van der Waals surface area (Å²) in [6, 6.07) is 4.52. The molecular weight excluding hydrogens is 332 g/mol. The number of fused-ring (bicyclic) bond motifs is 1. The van der Waals surface area contributed by atoms with Gasteiger partial charge in [-0.3, -0.25) is 11.3 Å². The minimum absolute atomic E-state index is 0.218. The largest absolute Gasteiger partial charge is 0.493 e. The van der Waals surface area contributed by atoms with Gasteiger partial charge in [0.1, 0.15) is 5.75 Å². The molecule has 1 aromatic carbocycles. The van der Waals surface area contributed by atoms with Crippen LogP contribution in [0, 0.1) is 0 Å². The summed E-state index contributed by atoms with van der Waals surface area (Å²) in [6.45, 7) is 1.67. The van der Waals surface area contributed by atoms with Crippen LogP contribution in [0.25, 0.3) is 0 Å². The molecule has 0 spiro atoms. The Morgan fingerprint density at radius 2 is 2.24 bits per heavy atom. The Hall–Kier alpha value is -0.620. The van der Waals surface area contributed by atoms with Crippen molar-refractivity contribution in [2.45, 2.75) is 50.7 Å². The van der Waals surface area contributed by atoms with Gasteiger partial charge in [0.05, 0.1) is 12.7 Å². The van der Waals surface area contributed by atoms with Crippen molar-refractivity contribution in [1.29, 1.82) is 0 Å². The van der Waals surface area contributed by atoms with E-state index in [-0.39, 0.29) is 6.04 Å². The van der Waals surface area contributed by atoms with Crippen LogP contribution in [0.1, 0.15) is 36.8 Å². The second-order valence-electron chi connectivity index (χ2n) is 5.94. The summed E-state index contributed by atoms with van der Waals surface area (Å²) in [5.41, 5.74) is 5.49. The smallest absolute Gasteiger partial charge is 0.125 e. The zero-order valence-corrected chi connectivity index (χ0v) is 13.8. The van der Waals surface area contributed by atoms with Crippen molar-refractivity contribution < 1.29 is 9.47 Å². The van der Waals surface area contributed by atoms with Crippen LogP contribution in [-0.2, 0) is 17.6 Å². The average Bonchev–Trinajstić information content (AvgIpc) is 2.96. The van der Waals surface area contributed by atoms with E-state index in [1.165, 1.54) is 24.0 Å². The molecule has 1 fully saturated rings. The molecule has 4 nitrogen and oxygen atoms in total. The minimum atomic E-state index is 0.218. The average molecular weight is 355 g/mol. The lowest BCUT2D eigenvalue weighted by molar-refractivity contribution is 0.00521. The molecule has 2 unspecified atom stereocenters. The molecule has 21 heavy (non-hydrogen) atoms. The molecule has 5 heteroatoms. The molecular formula is C16H23BrN2O2. The molecule has 3 rings (SSSR count). The van der Waals surface area contributed by atoms with Gasteiger partial charge in [0.15, 0.2) is 0 Å². The maximum Gasteiger partial charge on any atom is 0.125 e. The number of hydrogen-bond donors (Lipinski definition) is 2. The highest BCUT2D eigenvalue weighted by Gasteiger charge is 2.23. The van der Waals surface area contributed by atoms with Crippen molar-refractivity contribution in [3.05, 3.63) is 27.7 Å². The standard InChI is InChI=1S/C16H23BrN2O2/c17-13-7-11-4-6-21-16(11)12(8-13)9-14(19-18)10-15-3-1-2-5-20-15/h7-8,14-15,19H,1-6,9-10,18H2. The number of ether oxygens (including phenoxy) is 2. The highest BCUT2D eigenvalue weighted by molar-refractivity contribution is 9.10. The summed E-state index contributed by atoms with van der Waals surface area (Å²) >= 11 is 3.59. The number of halogens is 1. The normalized spacial score (nSPS) is 22.7. The first-order valence-electron chi connectivity index (χ1n) is 7.78. The SMILES string of the molecule is NNC(Cc1cc(Br)cc2c1OCC2)CC1CCCCO1. The van der Waals surface area contributed by atoms with Gasteiger partial charge in [0.25, 0.3) is 0 Å². The van der Waals surface area contributed by atoms with E-state index in [1.54, 1.807) is 0 Å². The lowest BCUT2D eigenvalue weighted by Crippen LogP contribution is -2.40. The van der Waals surface area contributed by atoms with E-state index < -0.39 is 0 Å². The second kappa shape index (κ2) is 7.09. The summed E-state index contributed by atoms with van der Waals surface area (Å²) in [7, 11) is 0. The van der Waals surface area contributed by atoms with Gasteiger partial charge in [-0.1, -0.05) is 15.9 Å². The van der Waals surface area contributed by atoms with Crippen LogP contribution in [-0.4, -0.2) is 25.4 Å². The van der Waals surface area contributed by atoms with Crippen molar-refractivity contribution in [1.82, 2.24) is 5.43 Å². The topological polar surface area (TPSA) is 56.5 Å². The van der Waals surface area contributed by atoms with E-state index >= 15 is 0 Å². The summed E-state index contributed by atoms with van der Waals surface area (Å²) in [4.78, 5) is 0. The molecule has 0 bridgehead atoms. The molecule has 0 amide bonds. The Morgan fingerprint density at radius 1 is 1.33 bits per heavy atom. The van der Waals surface area contributed by atoms with Gasteiger partial charge in [-0.25, -0.2) is 0 Å². The van der Waals surface area contributed by atoms with Crippen LogP contribution < -0.4 is 16.0 Å². The first kappa shape index (κ1) is 15.3. The predicted octanol–water partition coefficient (Wildman–Crippen LogP) is 2.72. The molecule has 2 atom stereocenters. The fraction of sp³-hybridized carbons (Fsp3) is 0.625. The Balaban J connectivity index is 1.69. The number of nitrogens with two attached hydrogens (primary N) is 1. The van der Waals surface area contributed by atoms with Crippen LogP contribution in [0.2, 0.25) is 0 Å². The van der Waals surface area contributed by atoms with Gasteiger partial charge in [-0.2, -0.15) is 0 Å². The highest BCUT2D eigenvalue weighted by atomic mass is 79.9. The number of rotatable bonds is 5. The third kappa shape index (κ3) is 3.77. The minimum Gasteiger partial charge on any atom is -0.493 e. The van der Waals surface area contributed by atoms with Crippen molar-refractivity contribution in [3.8, 4) is 5.75 Å². The molecule has 1 aromatic rings. The fourth-order valence-corrected chi connectivity index (χ4v) is 3.84. The van der Waals surface area contributed by atoms with Crippen molar-refractivity contribution in [3.63, 3.8) is 0 Å². The van der Waals surface area contributed by atoms with Crippen molar-refractivity contribution in [2.24, 2.45) is 5.84 Å². The van der Waals surface area contributed by atoms with Crippen molar-refractivity contribution >= 4 is 15.9 Å². The van der Waals surface area contributed by atoms with Crippen LogP contribution in [0.5, 0.6) is 5.75 Å². The molecule has 2 aliphatic heterocycles. The van der Waals surface area contributed by atoms with E-state index in [1.807, 2.05) is 0 Å². The monoisotopic (exact) mass is 354 g/mol. The Labute approximate surface area is 134 Å². The van der Waals surface area contributed by atoms with Gasteiger partial charge in [-0.15, -0.1) is 0 Å². The van der Waals surface area contributed by atoms with E-state index in [2.05, 4.69) is 33.5 Å². The molecule has 0 aromatic heterocycles. The third-order valence-corrected chi connectivity index (χ3v) is 4.81. The van der Waals surface area contributed by atoms with Crippen LogP contribution in [0.4, 0.5) is 0 Å². The summed E-state index contributed by atoms with van der Waals surface area (Å²) in [5.74, 6) is 6.82. The number of hydrogen-bond acceptors (Lipinski definition) is 4. The second-order valence-corrected chi connectivity index (χ2v) is 6.86. The lowest BCUT2D eigenvalue weighted by Gasteiger charge is -2.27. The maximum atomic E-state index is 5.83. The first-order valence-corrected chi connectivity index (χ1v) is 8.57. The van der Waals surface area contributed by atoms with Crippen LogP contribution in [0.3, 0.4) is 0 Å². The Morgan fingerprint density at radius 3 is 3.00 bits per heavy atom. The number of benzene rings is 1. The van der Waals surface area contributed by atoms with E-state index in [9.17, 15) is 0 Å². The quantitative estimate of drug-likeness (QED) is 0.630. The van der Waals surface area contributed by atoms with Gasteiger partial charge in [-0.05, 0) is 55.4 Å². The fourth-order valence-electron chi connectivity index (χ4n) is 3.28. The predicted molar refractivity (Wildman–Crippen MR) is 86.4 cm³/mol. The summed E-state index contributed by atoms with van der Waals surface area (Å²) in [6.07, 6.45) is 6.75. The molecule has 3 N–H and O–H groups in total. The van der Waals surface area contributed by atoms with E-state index in [0.717, 1.165) is 49.1 Å². The lowest BCUT2D eigenvalue weighted by atomic mass is 9.96. The number of hydrazine groups is 1. The zero-order chi connectivity index (χ0) is 14.7. The van der Waals surface area contributed by atoms with Crippen LogP contribution in [0.15, 0.2) is 16.6 Å². The van der Waals surface area contributed by atoms with Crippen molar-refractivity contribution in [2.75, 3.05) is 13.2 Å². The third-order valence-electron chi connectivity index (χ3n) is 4.35. The van der Waals surface area contributed by atoms with E-state index in [0.29, 0.717) is 6.10 Å². The van der Waals surface area contributed by atoms with Gasteiger partial charge in [0, 0.05) is 23.5 Å². The first-order chi connectivity index (χ1) is 10.3. The van der Waals surface area contributed by atoms with Gasteiger partial charge < -0.3 is 9.47 Å². The van der Waals surface area contributed by atoms with E-state index in [4.69, 9.17) is 15.3 Å². The summed E-state index contributed by atoms with van der Waals surface area (Å²) in [5, 5.41) is 0. The molecule has 0 aliphatic carbocycles. The highest BCUT2D eigenvalue weighted by Crippen LogP contribution is 2.34. The zero-order valence-electron chi connectivity index (χ0n) is 12.2. The molecule has 0 radical (unpaired) electrons. The molecule has 2 aliphatic rings. The van der Waals surface area contributed by atoms with Crippen LogP contribution >= 0.6 is 15.9 Å². The molecule has 0 saturated carbocycles. The summed E-state index contributed by atoms with van der Waals surface area (Å²) < 4.78 is 12.7.